The third-order valence-corrected chi connectivity index (χ3v) is 3.76. The number of likely N-dealkylation sites (tertiary alicyclic amines) is 1. The first-order valence-electron chi connectivity index (χ1n) is 6.29. The van der Waals surface area contributed by atoms with Crippen LogP contribution in [0.2, 0.25) is 0 Å². The summed E-state index contributed by atoms with van der Waals surface area (Å²) in [5, 5.41) is 0. The average molecular weight is 218 g/mol. The van der Waals surface area contributed by atoms with Gasteiger partial charge in [0.2, 0.25) is 0 Å². The van der Waals surface area contributed by atoms with Gasteiger partial charge in [-0.2, -0.15) is 0 Å². The lowest BCUT2D eigenvalue weighted by Crippen LogP contribution is -2.44. The van der Waals surface area contributed by atoms with Crippen LogP contribution in [0, 0.1) is 6.92 Å². The van der Waals surface area contributed by atoms with Crippen molar-refractivity contribution < 1.29 is 0 Å². The van der Waals surface area contributed by atoms with Crippen molar-refractivity contribution in [3.05, 3.63) is 29.6 Å². The highest BCUT2D eigenvalue weighted by Gasteiger charge is 2.29. The van der Waals surface area contributed by atoms with Crippen molar-refractivity contribution in [1.29, 1.82) is 0 Å². The summed E-state index contributed by atoms with van der Waals surface area (Å²) in [7, 11) is 0. The largest absolute Gasteiger partial charge is 0.294 e. The van der Waals surface area contributed by atoms with E-state index < -0.39 is 0 Å². The topological polar surface area (TPSA) is 16.1 Å². The summed E-state index contributed by atoms with van der Waals surface area (Å²) in [5.74, 6) is 0. The maximum Gasteiger partial charge on any atom is 0.0419 e. The van der Waals surface area contributed by atoms with Gasteiger partial charge in [-0.25, -0.2) is 0 Å². The second-order valence-electron chi connectivity index (χ2n) is 5.29. The standard InChI is InChI=1S/C14H22N2/c1-12-7-8-13(11-15-12)14(2,3)16-9-5-4-6-10-16/h7-8,11H,4-6,9-10H2,1-3H3. The Hall–Kier alpha value is -0.890. The minimum Gasteiger partial charge on any atom is -0.294 e. The van der Waals surface area contributed by atoms with E-state index in [0.29, 0.717) is 0 Å². The first-order chi connectivity index (χ1) is 7.60. The highest BCUT2D eigenvalue weighted by atomic mass is 15.2. The van der Waals surface area contributed by atoms with Crippen LogP contribution in [0.15, 0.2) is 18.3 Å². The molecular formula is C14H22N2. The van der Waals surface area contributed by atoms with Crippen LogP contribution in [-0.4, -0.2) is 23.0 Å². The average Bonchev–Trinajstić information content (AvgIpc) is 2.31. The molecule has 0 aromatic carbocycles. The van der Waals surface area contributed by atoms with Gasteiger partial charge in [0, 0.05) is 17.4 Å². The number of pyridine rings is 1. The fourth-order valence-corrected chi connectivity index (χ4v) is 2.47. The van der Waals surface area contributed by atoms with E-state index in [-0.39, 0.29) is 5.54 Å². The Kier molecular flexibility index (Phi) is 3.29. The van der Waals surface area contributed by atoms with E-state index in [4.69, 9.17) is 0 Å². The van der Waals surface area contributed by atoms with Crippen molar-refractivity contribution in [2.45, 2.75) is 45.6 Å². The molecule has 0 saturated carbocycles. The molecule has 1 aromatic heterocycles. The SMILES string of the molecule is Cc1ccc(C(C)(C)N2CCCCC2)cn1. The van der Waals surface area contributed by atoms with Crippen LogP contribution in [0.3, 0.4) is 0 Å². The van der Waals surface area contributed by atoms with Crippen LogP contribution in [0.25, 0.3) is 0 Å². The zero-order valence-corrected chi connectivity index (χ0v) is 10.7. The van der Waals surface area contributed by atoms with Crippen LogP contribution in [0.5, 0.6) is 0 Å². The maximum absolute atomic E-state index is 4.41. The van der Waals surface area contributed by atoms with Crippen molar-refractivity contribution in [2.24, 2.45) is 0 Å². The van der Waals surface area contributed by atoms with Crippen LogP contribution >= 0.6 is 0 Å². The Balaban J connectivity index is 2.19. The zero-order chi connectivity index (χ0) is 11.6. The first kappa shape index (κ1) is 11.6. The molecule has 2 heterocycles. The van der Waals surface area contributed by atoms with Crippen molar-refractivity contribution >= 4 is 0 Å². The Bertz CT molecular complexity index is 334. The lowest BCUT2D eigenvalue weighted by atomic mass is 9.91. The van der Waals surface area contributed by atoms with E-state index in [1.807, 2.05) is 13.1 Å². The smallest absolute Gasteiger partial charge is 0.0419 e. The van der Waals surface area contributed by atoms with E-state index in [1.54, 1.807) is 0 Å². The van der Waals surface area contributed by atoms with Crippen molar-refractivity contribution in [3.8, 4) is 0 Å². The molecule has 0 spiro atoms. The number of hydrogen-bond donors (Lipinski definition) is 0. The quantitative estimate of drug-likeness (QED) is 0.758. The minimum absolute atomic E-state index is 0.126. The van der Waals surface area contributed by atoms with E-state index in [0.717, 1.165) is 5.69 Å². The summed E-state index contributed by atoms with van der Waals surface area (Å²) < 4.78 is 0. The molecule has 1 aliphatic rings. The lowest BCUT2D eigenvalue weighted by molar-refractivity contribution is 0.0940. The van der Waals surface area contributed by atoms with Crippen LogP contribution in [0.1, 0.15) is 44.4 Å². The summed E-state index contributed by atoms with van der Waals surface area (Å²) in [6.45, 7) is 9.11. The highest BCUT2D eigenvalue weighted by Crippen LogP contribution is 2.29. The summed E-state index contributed by atoms with van der Waals surface area (Å²) in [6.07, 6.45) is 6.09. The summed E-state index contributed by atoms with van der Waals surface area (Å²) in [5.41, 5.74) is 2.55. The molecular weight excluding hydrogens is 196 g/mol. The van der Waals surface area contributed by atoms with Gasteiger partial charge < -0.3 is 0 Å². The minimum atomic E-state index is 0.126. The third kappa shape index (κ3) is 2.27. The number of nitrogens with zero attached hydrogens (tertiary/aromatic N) is 2. The summed E-state index contributed by atoms with van der Waals surface area (Å²) >= 11 is 0. The molecule has 0 amide bonds. The van der Waals surface area contributed by atoms with Crippen molar-refractivity contribution in [1.82, 2.24) is 9.88 Å². The third-order valence-electron chi connectivity index (χ3n) is 3.76. The number of hydrogen-bond acceptors (Lipinski definition) is 2. The zero-order valence-electron chi connectivity index (χ0n) is 10.7. The van der Waals surface area contributed by atoms with Gasteiger partial charge >= 0.3 is 0 Å². The predicted molar refractivity (Wildman–Crippen MR) is 67.4 cm³/mol. The Morgan fingerprint density at radius 3 is 2.38 bits per heavy atom. The molecule has 2 rings (SSSR count). The monoisotopic (exact) mass is 218 g/mol. The molecule has 0 atom stereocenters. The highest BCUT2D eigenvalue weighted by molar-refractivity contribution is 5.21. The van der Waals surface area contributed by atoms with Crippen LogP contribution in [-0.2, 0) is 5.54 Å². The molecule has 88 valence electrons. The van der Waals surface area contributed by atoms with Gasteiger partial charge in [-0.1, -0.05) is 12.5 Å². The molecule has 2 nitrogen and oxygen atoms in total. The molecule has 1 aliphatic heterocycles. The van der Waals surface area contributed by atoms with E-state index >= 15 is 0 Å². The van der Waals surface area contributed by atoms with Gasteiger partial charge in [0.1, 0.15) is 0 Å². The molecule has 1 saturated heterocycles. The van der Waals surface area contributed by atoms with E-state index in [1.165, 1.54) is 37.9 Å². The van der Waals surface area contributed by atoms with Gasteiger partial charge in [-0.3, -0.25) is 9.88 Å². The number of rotatable bonds is 2. The van der Waals surface area contributed by atoms with Gasteiger partial charge in [0.25, 0.3) is 0 Å². The van der Waals surface area contributed by atoms with Crippen molar-refractivity contribution in [2.75, 3.05) is 13.1 Å². The Morgan fingerprint density at radius 1 is 1.12 bits per heavy atom. The van der Waals surface area contributed by atoms with Gasteiger partial charge in [-0.05, 0) is 58.3 Å². The molecule has 0 unspecified atom stereocenters. The van der Waals surface area contributed by atoms with E-state index in [9.17, 15) is 0 Å². The Labute approximate surface area is 98.7 Å². The summed E-state index contributed by atoms with van der Waals surface area (Å²) in [4.78, 5) is 7.00. The number of piperidine rings is 1. The number of aryl methyl sites for hydroxylation is 1. The van der Waals surface area contributed by atoms with E-state index in [2.05, 4.69) is 35.9 Å². The predicted octanol–water partition coefficient (Wildman–Crippen LogP) is 3.11. The summed E-state index contributed by atoms with van der Waals surface area (Å²) in [6, 6.07) is 4.33. The molecule has 0 N–H and O–H groups in total. The van der Waals surface area contributed by atoms with Gasteiger partial charge in [0.15, 0.2) is 0 Å². The normalized spacial score (nSPS) is 18.7. The van der Waals surface area contributed by atoms with Gasteiger partial charge in [-0.15, -0.1) is 0 Å². The molecule has 0 bridgehead atoms. The van der Waals surface area contributed by atoms with Crippen LogP contribution in [0.4, 0.5) is 0 Å². The second kappa shape index (κ2) is 4.54. The lowest BCUT2D eigenvalue weighted by Gasteiger charge is -2.41. The molecule has 1 fully saturated rings. The molecule has 1 aromatic rings. The fourth-order valence-electron chi connectivity index (χ4n) is 2.47. The molecule has 0 aliphatic carbocycles. The van der Waals surface area contributed by atoms with Crippen LogP contribution < -0.4 is 0 Å². The molecule has 0 radical (unpaired) electrons. The van der Waals surface area contributed by atoms with Crippen molar-refractivity contribution in [3.63, 3.8) is 0 Å². The molecule has 2 heteroatoms. The molecule has 16 heavy (non-hydrogen) atoms. The first-order valence-corrected chi connectivity index (χ1v) is 6.29. The van der Waals surface area contributed by atoms with Gasteiger partial charge in [0.05, 0.1) is 0 Å². The number of aromatic nitrogens is 1. The second-order valence-corrected chi connectivity index (χ2v) is 5.29. The maximum atomic E-state index is 4.41. The Morgan fingerprint density at radius 2 is 1.81 bits per heavy atom. The fraction of sp³-hybridized carbons (Fsp3) is 0.643.